The Kier molecular flexibility index (Phi) is 4.30. The van der Waals surface area contributed by atoms with Crippen molar-refractivity contribution in [1.29, 1.82) is 0 Å². The van der Waals surface area contributed by atoms with Gasteiger partial charge in [0, 0.05) is 23.7 Å². The first-order valence-electron chi connectivity index (χ1n) is 10.0. The number of hydrogen-bond acceptors (Lipinski definition) is 3. The number of halogens is 1. The largest absolute Gasteiger partial charge is 0.256 e. The first kappa shape index (κ1) is 17.3. The maximum absolute atomic E-state index is 13.8. The van der Waals surface area contributed by atoms with E-state index in [1.54, 1.807) is 18.3 Å². The third-order valence-electron chi connectivity index (χ3n) is 6.38. The van der Waals surface area contributed by atoms with Crippen LogP contribution in [0.25, 0.3) is 16.6 Å². The molecule has 1 aromatic carbocycles. The van der Waals surface area contributed by atoms with Crippen molar-refractivity contribution in [3.05, 3.63) is 72.1 Å². The summed E-state index contributed by atoms with van der Waals surface area (Å²) < 4.78 is 15.6. The fourth-order valence-corrected chi connectivity index (χ4v) is 4.74. The number of pyridine rings is 1. The second kappa shape index (κ2) is 6.97. The third-order valence-corrected chi connectivity index (χ3v) is 6.38. The Hall–Kier alpha value is -2.82. The second-order valence-electron chi connectivity index (χ2n) is 7.95. The molecule has 0 amide bonds. The highest BCUT2D eigenvalue weighted by Crippen LogP contribution is 2.42. The molecular weight excluding hydrogens is 351 g/mol. The summed E-state index contributed by atoms with van der Waals surface area (Å²) in [6.07, 6.45) is 10.3. The van der Waals surface area contributed by atoms with Crippen LogP contribution in [-0.2, 0) is 0 Å². The van der Waals surface area contributed by atoms with Crippen molar-refractivity contribution in [1.82, 2.24) is 19.6 Å². The average molecular weight is 374 g/mol. The van der Waals surface area contributed by atoms with E-state index in [0.717, 1.165) is 47.9 Å². The Morgan fingerprint density at radius 1 is 1.07 bits per heavy atom. The van der Waals surface area contributed by atoms with Crippen molar-refractivity contribution in [2.45, 2.75) is 44.4 Å². The summed E-state index contributed by atoms with van der Waals surface area (Å²) in [5, 5.41) is 5.30. The summed E-state index contributed by atoms with van der Waals surface area (Å²) in [4.78, 5) is 9.16. The molecule has 1 aliphatic rings. The number of fused-ring (bicyclic) bond motifs is 2. The third kappa shape index (κ3) is 3.05. The fraction of sp³-hybridized carbons (Fsp3) is 0.348. The first-order chi connectivity index (χ1) is 13.7. The molecule has 0 N–H and O–H groups in total. The molecule has 0 aliphatic heterocycles. The van der Waals surface area contributed by atoms with E-state index in [0.29, 0.717) is 17.8 Å². The summed E-state index contributed by atoms with van der Waals surface area (Å²) in [5.41, 5.74) is 4.15. The van der Waals surface area contributed by atoms with E-state index in [2.05, 4.69) is 29.3 Å². The molecule has 5 heteroatoms. The van der Waals surface area contributed by atoms with Crippen LogP contribution in [0.1, 0.15) is 55.7 Å². The minimum atomic E-state index is -0.190. The quantitative estimate of drug-likeness (QED) is 0.476. The Bertz CT molecular complexity index is 1090. The lowest BCUT2D eigenvalue weighted by Crippen LogP contribution is -2.18. The van der Waals surface area contributed by atoms with Gasteiger partial charge in [0.25, 0.3) is 0 Å². The van der Waals surface area contributed by atoms with Crippen molar-refractivity contribution >= 4 is 16.6 Å². The molecule has 0 saturated heterocycles. The lowest BCUT2D eigenvalue weighted by Gasteiger charge is -2.32. The number of aromatic nitrogens is 4. The van der Waals surface area contributed by atoms with Gasteiger partial charge >= 0.3 is 0 Å². The van der Waals surface area contributed by atoms with E-state index in [-0.39, 0.29) is 5.82 Å². The van der Waals surface area contributed by atoms with Crippen LogP contribution in [0.3, 0.4) is 0 Å². The van der Waals surface area contributed by atoms with Crippen LogP contribution in [0.5, 0.6) is 0 Å². The van der Waals surface area contributed by atoms with Crippen LogP contribution in [0.2, 0.25) is 0 Å². The monoisotopic (exact) mass is 374 g/mol. The van der Waals surface area contributed by atoms with Crippen LogP contribution in [0.4, 0.5) is 4.39 Å². The van der Waals surface area contributed by atoms with Crippen LogP contribution in [0, 0.1) is 11.7 Å². The summed E-state index contributed by atoms with van der Waals surface area (Å²) in [5.74, 6) is 1.31. The predicted octanol–water partition coefficient (Wildman–Crippen LogP) is 5.49. The van der Waals surface area contributed by atoms with E-state index in [1.807, 2.05) is 22.8 Å². The lowest BCUT2D eigenvalue weighted by molar-refractivity contribution is 0.289. The summed E-state index contributed by atoms with van der Waals surface area (Å²) >= 11 is 0. The first-order valence-corrected chi connectivity index (χ1v) is 10.0. The summed E-state index contributed by atoms with van der Waals surface area (Å²) in [6.45, 7) is 2.28. The van der Waals surface area contributed by atoms with Crippen LogP contribution in [-0.4, -0.2) is 19.6 Å². The van der Waals surface area contributed by atoms with Gasteiger partial charge in [-0.25, -0.2) is 13.9 Å². The van der Waals surface area contributed by atoms with Gasteiger partial charge in [-0.15, -0.1) is 0 Å². The van der Waals surface area contributed by atoms with Gasteiger partial charge in [0.05, 0.1) is 17.4 Å². The molecule has 0 spiro atoms. The molecule has 1 fully saturated rings. The van der Waals surface area contributed by atoms with Gasteiger partial charge in [-0.05, 0) is 79.5 Å². The SMILES string of the molecule is C[C@@H](c1cn2ncccc2n1)[C@H]1CC[C@@H](c2ccnc3ccc(F)cc32)CC1. The molecule has 142 valence electrons. The molecule has 4 aromatic rings. The zero-order valence-electron chi connectivity index (χ0n) is 15.9. The van der Waals surface area contributed by atoms with Crippen LogP contribution >= 0.6 is 0 Å². The molecule has 1 atom stereocenters. The van der Waals surface area contributed by atoms with E-state index in [4.69, 9.17) is 4.98 Å². The number of rotatable bonds is 3. The lowest BCUT2D eigenvalue weighted by atomic mass is 9.73. The number of hydrogen-bond donors (Lipinski definition) is 0. The molecular formula is C23H23FN4. The van der Waals surface area contributed by atoms with Crippen molar-refractivity contribution in [2.75, 3.05) is 0 Å². The molecule has 1 aliphatic carbocycles. The van der Waals surface area contributed by atoms with Crippen molar-refractivity contribution in [3.63, 3.8) is 0 Å². The average Bonchev–Trinajstić information content (AvgIpc) is 3.17. The zero-order valence-corrected chi connectivity index (χ0v) is 15.9. The summed E-state index contributed by atoms with van der Waals surface area (Å²) in [7, 11) is 0. The van der Waals surface area contributed by atoms with Crippen molar-refractivity contribution in [2.24, 2.45) is 5.92 Å². The Labute approximate surface area is 163 Å². The van der Waals surface area contributed by atoms with Crippen molar-refractivity contribution < 1.29 is 4.39 Å². The van der Waals surface area contributed by atoms with E-state index in [1.165, 1.54) is 11.6 Å². The molecule has 0 radical (unpaired) electrons. The van der Waals surface area contributed by atoms with Gasteiger partial charge in [0.2, 0.25) is 0 Å². The standard InChI is InChI=1S/C23H23FN4/c1-15(22-14-28-23(27-22)3-2-11-26-28)16-4-6-17(7-5-16)19-10-12-25-21-9-8-18(24)13-20(19)21/h2-3,8-17H,4-7H2,1H3/t15-,16-,17+/m1/s1. The maximum atomic E-state index is 13.8. The minimum Gasteiger partial charge on any atom is -0.256 e. The number of benzene rings is 1. The van der Waals surface area contributed by atoms with Crippen LogP contribution < -0.4 is 0 Å². The topological polar surface area (TPSA) is 43.1 Å². The molecule has 4 nitrogen and oxygen atoms in total. The van der Waals surface area contributed by atoms with Crippen LogP contribution in [0.15, 0.2) is 55.0 Å². The van der Waals surface area contributed by atoms with E-state index in [9.17, 15) is 4.39 Å². The van der Waals surface area contributed by atoms with Gasteiger partial charge < -0.3 is 0 Å². The van der Waals surface area contributed by atoms with Gasteiger partial charge in [-0.1, -0.05) is 6.92 Å². The van der Waals surface area contributed by atoms with Gasteiger partial charge in [0.1, 0.15) is 5.82 Å². The normalized spacial score (nSPS) is 21.2. The van der Waals surface area contributed by atoms with Gasteiger partial charge in [-0.3, -0.25) is 4.98 Å². The Balaban J connectivity index is 1.34. The fourth-order valence-electron chi connectivity index (χ4n) is 4.74. The highest BCUT2D eigenvalue weighted by Gasteiger charge is 2.29. The van der Waals surface area contributed by atoms with Crippen molar-refractivity contribution in [3.8, 4) is 0 Å². The molecule has 3 aromatic heterocycles. The number of imidazole rings is 1. The Morgan fingerprint density at radius 2 is 1.93 bits per heavy atom. The predicted molar refractivity (Wildman–Crippen MR) is 108 cm³/mol. The molecule has 5 rings (SSSR count). The summed E-state index contributed by atoms with van der Waals surface area (Å²) in [6, 6.07) is 10.9. The smallest absolute Gasteiger partial charge is 0.153 e. The molecule has 0 unspecified atom stereocenters. The number of nitrogens with zero attached hydrogens (tertiary/aromatic N) is 4. The van der Waals surface area contributed by atoms with Gasteiger partial charge in [-0.2, -0.15) is 5.10 Å². The zero-order chi connectivity index (χ0) is 19.1. The maximum Gasteiger partial charge on any atom is 0.153 e. The molecule has 3 heterocycles. The second-order valence-corrected chi connectivity index (χ2v) is 7.95. The molecule has 1 saturated carbocycles. The van der Waals surface area contributed by atoms with E-state index >= 15 is 0 Å². The minimum absolute atomic E-state index is 0.190. The Morgan fingerprint density at radius 3 is 2.75 bits per heavy atom. The highest BCUT2D eigenvalue weighted by molar-refractivity contribution is 5.82. The van der Waals surface area contributed by atoms with Gasteiger partial charge in [0.15, 0.2) is 5.65 Å². The highest BCUT2D eigenvalue weighted by atomic mass is 19.1. The van der Waals surface area contributed by atoms with E-state index < -0.39 is 0 Å². The molecule has 0 bridgehead atoms. The molecule has 28 heavy (non-hydrogen) atoms.